The molecule has 2 aromatic heterocycles. The number of hydrogen-bond donors (Lipinski definition) is 1. The first-order valence-electron chi connectivity index (χ1n) is 8.56. The number of nitrogens with two attached hydrogens (primary N) is 1. The summed E-state index contributed by atoms with van der Waals surface area (Å²) in [5.74, 6) is 0.176. The van der Waals surface area contributed by atoms with Gasteiger partial charge in [-0.2, -0.15) is 10.5 Å². The number of nitrogens with zero attached hydrogens (tertiary/aromatic N) is 4. The highest BCUT2D eigenvalue weighted by Crippen LogP contribution is 2.44. The van der Waals surface area contributed by atoms with Gasteiger partial charge in [0, 0.05) is 23.5 Å². The summed E-state index contributed by atoms with van der Waals surface area (Å²) in [7, 11) is 0. The summed E-state index contributed by atoms with van der Waals surface area (Å²) in [6.07, 6.45) is 2.10. The topological polar surface area (TPSA) is 91.4 Å². The van der Waals surface area contributed by atoms with E-state index in [1.54, 1.807) is 0 Å². The van der Waals surface area contributed by atoms with Crippen molar-refractivity contribution in [3.63, 3.8) is 0 Å². The molecule has 0 saturated carbocycles. The monoisotopic (exact) mass is 343 g/mol. The van der Waals surface area contributed by atoms with Crippen molar-refractivity contribution in [3.05, 3.63) is 51.0 Å². The Morgan fingerprint density at radius 3 is 2.42 bits per heavy atom. The van der Waals surface area contributed by atoms with Gasteiger partial charge in [-0.05, 0) is 69.0 Å². The molecule has 0 amide bonds. The Labute approximate surface area is 153 Å². The SMILES string of the molecule is CCn1c(C)cc(/C=C2/C(C)=C(C#N)c3nc(N)c(C#N)c(C)c32)c1C. The minimum Gasteiger partial charge on any atom is -0.383 e. The number of anilines is 1. The van der Waals surface area contributed by atoms with Gasteiger partial charge in [-0.15, -0.1) is 0 Å². The van der Waals surface area contributed by atoms with Gasteiger partial charge in [0.15, 0.2) is 0 Å². The molecule has 130 valence electrons. The second-order valence-corrected chi connectivity index (χ2v) is 6.57. The minimum absolute atomic E-state index is 0.176. The third-order valence-electron chi connectivity index (χ3n) is 5.21. The van der Waals surface area contributed by atoms with Gasteiger partial charge in [0.25, 0.3) is 0 Å². The van der Waals surface area contributed by atoms with Crippen molar-refractivity contribution >= 4 is 23.0 Å². The normalized spacial score (nSPS) is 14.5. The fourth-order valence-corrected chi connectivity index (χ4v) is 3.81. The van der Waals surface area contributed by atoms with E-state index in [4.69, 9.17) is 5.73 Å². The Balaban J connectivity index is 2.34. The number of hydrogen-bond acceptors (Lipinski definition) is 4. The lowest BCUT2D eigenvalue weighted by atomic mass is 9.95. The average Bonchev–Trinajstić information content (AvgIpc) is 3.01. The lowest BCUT2D eigenvalue weighted by Crippen LogP contribution is -2.03. The average molecular weight is 343 g/mol. The number of nitrogen functional groups attached to an aromatic ring is 1. The van der Waals surface area contributed by atoms with Gasteiger partial charge in [-0.3, -0.25) is 0 Å². The lowest BCUT2D eigenvalue weighted by Gasteiger charge is -2.11. The van der Waals surface area contributed by atoms with Crippen LogP contribution in [0.5, 0.6) is 0 Å². The number of allylic oxidation sites excluding steroid dienone is 3. The zero-order chi connectivity index (χ0) is 19.2. The van der Waals surface area contributed by atoms with Crippen molar-refractivity contribution in [2.75, 3.05) is 5.73 Å². The van der Waals surface area contributed by atoms with Gasteiger partial charge < -0.3 is 10.3 Å². The van der Waals surface area contributed by atoms with E-state index in [9.17, 15) is 10.5 Å². The predicted octanol–water partition coefficient (Wildman–Crippen LogP) is 4.13. The summed E-state index contributed by atoms with van der Waals surface area (Å²) in [4.78, 5) is 4.37. The van der Waals surface area contributed by atoms with Crippen molar-refractivity contribution in [1.82, 2.24) is 9.55 Å². The largest absolute Gasteiger partial charge is 0.383 e. The fraction of sp³-hybridized carbons (Fsp3) is 0.286. The van der Waals surface area contributed by atoms with Crippen molar-refractivity contribution in [2.45, 2.75) is 41.2 Å². The number of aromatic nitrogens is 2. The summed E-state index contributed by atoms with van der Waals surface area (Å²) in [5, 5.41) is 19.1. The van der Waals surface area contributed by atoms with Crippen molar-refractivity contribution in [2.24, 2.45) is 0 Å². The maximum Gasteiger partial charge on any atom is 0.142 e. The van der Waals surface area contributed by atoms with Crippen molar-refractivity contribution in [3.8, 4) is 12.1 Å². The van der Waals surface area contributed by atoms with Gasteiger partial charge in [-0.1, -0.05) is 0 Å². The molecule has 0 unspecified atom stereocenters. The Bertz CT molecular complexity index is 1080. The molecule has 5 nitrogen and oxygen atoms in total. The maximum absolute atomic E-state index is 9.63. The van der Waals surface area contributed by atoms with Crippen LogP contribution >= 0.6 is 0 Å². The smallest absolute Gasteiger partial charge is 0.142 e. The van der Waals surface area contributed by atoms with Crippen molar-refractivity contribution in [1.29, 1.82) is 10.5 Å². The van der Waals surface area contributed by atoms with E-state index in [1.165, 1.54) is 11.4 Å². The number of fused-ring (bicyclic) bond motifs is 1. The number of rotatable bonds is 2. The molecule has 3 rings (SSSR count). The Kier molecular flexibility index (Phi) is 4.18. The van der Waals surface area contributed by atoms with Gasteiger partial charge >= 0.3 is 0 Å². The summed E-state index contributed by atoms with van der Waals surface area (Å²) in [5.41, 5.74) is 14.3. The second-order valence-electron chi connectivity index (χ2n) is 6.57. The van der Waals surface area contributed by atoms with Crippen molar-refractivity contribution < 1.29 is 0 Å². The molecule has 0 saturated heterocycles. The number of nitriles is 2. The summed E-state index contributed by atoms with van der Waals surface area (Å²) < 4.78 is 2.25. The molecule has 0 spiro atoms. The van der Waals surface area contributed by atoms with Crippen LogP contribution in [-0.4, -0.2) is 9.55 Å². The molecule has 0 bridgehead atoms. The zero-order valence-corrected chi connectivity index (χ0v) is 15.7. The van der Waals surface area contributed by atoms with Gasteiger partial charge in [-0.25, -0.2) is 4.98 Å². The molecule has 2 N–H and O–H groups in total. The van der Waals surface area contributed by atoms with E-state index in [0.29, 0.717) is 16.8 Å². The molecule has 26 heavy (non-hydrogen) atoms. The first-order chi connectivity index (χ1) is 12.3. The highest BCUT2D eigenvalue weighted by molar-refractivity contribution is 6.08. The summed E-state index contributed by atoms with van der Waals surface area (Å²) >= 11 is 0. The Hall–Kier alpha value is -3.31. The molecule has 1 aliphatic carbocycles. The van der Waals surface area contributed by atoms with Crippen LogP contribution in [0.2, 0.25) is 0 Å². The van der Waals surface area contributed by atoms with E-state index < -0.39 is 0 Å². The Morgan fingerprint density at radius 2 is 1.88 bits per heavy atom. The Morgan fingerprint density at radius 1 is 1.19 bits per heavy atom. The number of aryl methyl sites for hydroxylation is 1. The second kappa shape index (κ2) is 6.20. The maximum atomic E-state index is 9.63. The quantitative estimate of drug-likeness (QED) is 0.887. The molecular weight excluding hydrogens is 322 g/mol. The molecule has 0 atom stereocenters. The standard InChI is InChI=1S/C21H21N5/c1-6-26-11(2)7-15(14(26)5)8-16-12(3)17(9-22)20-19(16)13(4)18(10-23)21(24)25-20/h7-8H,6H2,1-5H3,(H2,24,25)/b16-8-. The molecule has 2 aromatic rings. The molecule has 0 fully saturated rings. The third-order valence-corrected chi connectivity index (χ3v) is 5.21. The zero-order valence-electron chi connectivity index (χ0n) is 15.7. The fourth-order valence-electron chi connectivity index (χ4n) is 3.81. The van der Waals surface area contributed by atoms with Crippen LogP contribution in [0.1, 0.15) is 53.2 Å². The predicted molar refractivity (Wildman–Crippen MR) is 104 cm³/mol. The highest BCUT2D eigenvalue weighted by Gasteiger charge is 2.29. The molecule has 5 heteroatoms. The highest BCUT2D eigenvalue weighted by atomic mass is 15.0. The van der Waals surface area contributed by atoms with Crippen LogP contribution in [-0.2, 0) is 6.54 Å². The van der Waals surface area contributed by atoms with Gasteiger partial charge in [0.1, 0.15) is 18.0 Å². The molecule has 1 aliphatic rings. The minimum atomic E-state index is 0.176. The molecule has 0 aromatic carbocycles. The van der Waals surface area contributed by atoms with Crippen LogP contribution in [0, 0.1) is 43.4 Å². The molecular formula is C21H21N5. The van der Waals surface area contributed by atoms with E-state index >= 15 is 0 Å². The molecule has 0 aliphatic heterocycles. The van der Waals surface area contributed by atoms with E-state index in [-0.39, 0.29) is 5.82 Å². The first-order valence-corrected chi connectivity index (χ1v) is 8.56. The molecule has 0 radical (unpaired) electrons. The first kappa shape index (κ1) is 17.5. The van der Waals surface area contributed by atoms with Crippen LogP contribution in [0.4, 0.5) is 5.82 Å². The van der Waals surface area contributed by atoms with Crippen LogP contribution in [0.15, 0.2) is 11.6 Å². The number of pyridine rings is 1. The lowest BCUT2D eigenvalue weighted by molar-refractivity contribution is 0.718. The molecule has 2 heterocycles. The van der Waals surface area contributed by atoms with Gasteiger partial charge in [0.2, 0.25) is 0 Å². The van der Waals surface area contributed by atoms with E-state index in [0.717, 1.165) is 34.4 Å². The van der Waals surface area contributed by atoms with Crippen LogP contribution in [0.3, 0.4) is 0 Å². The summed E-state index contributed by atoms with van der Waals surface area (Å²) in [6, 6.07) is 6.54. The van der Waals surface area contributed by atoms with Crippen LogP contribution < -0.4 is 5.73 Å². The summed E-state index contributed by atoms with van der Waals surface area (Å²) in [6.45, 7) is 11.0. The van der Waals surface area contributed by atoms with E-state index in [2.05, 4.69) is 54.6 Å². The third kappa shape index (κ3) is 2.33. The van der Waals surface area contributed by atoms with Crippen LogP contribution in [0.25, 0.3) is 17.2 Å². The van der Waals surface area contributed by atoms with Gasteiger partial charge in [0.05, 0.1) is 16.8 Å². The van der Waals surface area contributed by atoms with E-state index in [1.807, 2.05) is 13.8 Å².